The van der Waals surface area contributed by atoms with Crippen LogP contribution in [0.15, 0.2) is 35.1 Å². The lowest BCUT2D eigenvalue weighted by atomic mass is 10.1. The molecule has 0 spiro atoms. The molecule has 0 atom stereocenters. The first-order valence-corrected chi connectivity index (χ1v) is 10.4. The van der Waals surface area contributed by atoms with Crippen LogP contribution in [0.25, 0.3) is 5.69 Å². The molecular formula is C22H29N3O7. The summed E-state index contributed by atoms with van der Waals surface area (Å²) in [5.74, 6) is -2.57. The summed E-state index contributed by atoms with van der Waals surface area (Å²) >= 11 is 0. The van der Waals surface area contributed by atoms with Crippen molar-refractivity contribution in [3.63, 3.8) is 0 Å². The number of hydrogen-bond acceptors (Lipinski definition) is 7. The quantitative estimate of drug-likeness (QED) is 0.277. The van der Waals surface area contributed by atoms with Crippen LogP contribution in [0.5, 0.6) is 5.88 Å². The number of nitro benzene ring substituents is 1. The molecule has 2 rings (SSSR count). The number of Topliss-reactive ketones (excluding diaryl/α,β-unsaturated/α-hetero) is 1. The summed E-state index contributed by atoms with van der Waals surface area (Å²) in [5, 5.41) is 23.2. The summed E-state index contributed by atoms with van der Waals surface area (Å²) in [6, 6.07) is 5.48. The standard InChI is InChI=1S/C16H14N2O7.C6H15N/c1-3-25-16(22)13-8-12(9(2)19)14(20)17(15(13)21)10-4-6-11(7-5-10)18(23)24;1-4-7(5-2)6-3/h4-8,21H,3H2,1-2H3;4-6H2,1-3H3. The molecule has 32 heavy (non-hydrogen) atoms. The number of aromatic nitrogens is 1. The van der Waals surface area contributed by atoms with Crippen molar-refractivity contribution < 1.29 is 29.3 Å². The first-order valence-electron chi connectivity index (χ1n) is 10.4. The number of esters is 1. The molecule has 0 saturated heterocycles. The van der Waals surface area contributed by atoms with Crippen molar-refractivity contribution in [2.24, 2.45) is 0 Å². The van der Waals surface area contributed by atoms with Gasteiger partial charge in [0.2, 0.25) is 0 Å². The van der Waals surface area contributed by atoms with Crippen LogP contribution in [-0.4, -0.2) is 47.5 Å². The van der Waals surface area contributed by atoms with Crippen molar-refractivity contribution in [3.8, 4) is 11.6 Å². The molecule has 0 fully saturated rings. The van der Waals surface area contributed by atoms with Gasteiger partial charge in [0.15, 0.2) is 5.78 Å². The Balaban J connectivity index is 0.000000633. The van der Waals surface area contributed by atoms with Gasteiger partial charge in [-0.3, -0.25) is 24.3 Å². The van der Waals surface area contributed by atoms with Crippen LogP contribution in [0.1, 0.15) is 55.3 Å². The number of hydrogen-bond donors (Lipinski definition) is 1. The highest BCUT2D eigenvalue weighted by molar-refractivity contribution is 5.98. The van der Waals surface area contributed by atoms with Gasteiger partial charge in [-0.1, -0.05) is 0 Å². The van der Waals surface area contributed by atoms with E-state index in [1.54, 1.807) is 11.8 Å². The molecule has 0 aliphatic rings. The molecule has 174 valence electrons. The normalized spacial score (nSPS) is 10.3. The predicted octanol–water partition coefficient (Wildman–Crippen LogP) is 1.13. The van der Waals surface area contributed by atoms with Crippen LogP contribution in [0.4, 0.5) is 5.69 Å². The van der Waals surface area contributed by atoms with Crippen molar-refractivity contribution in [3.05, 3.63) is 61.9 Å². The number of quaternary nitrogens is 1. The Labute approximate surface area is 186 Å². The average Bonchev–Trinajstić information content (AvgIpc) is 2.76. The average molecular weight is 447 g/mol. The fourth-order valence-electron chi connectivity index (χ4n) is 2.92. The van der Waals surface area contributed by atoms with E-state index in [1.165, 1.54) is 31.8 Å². The van der Waals surface area contributed by atoms with Gasteiger partial charge in [-0.05, 0) is 58.7 Å². The molecule has 1 N–H and O–H groups in total. The van der Waals surface area contributed by atoms with E-state index in [0.29, 0.717) is 4.57 Å². The van der Waals surface area contributed by atoms with Crippen molar-refractivity contribution >= 4 is 17.4 Å². The zero-order valence-electron chi connectivity index (χ0n) is 19.0. The number of rotatable bonds is 8. The van der Waals surface area contributed by atoms with E-state index in [0.717, 1.165) is 25.1 Å². The van der Waals surface area contributed by atoms with Gasteiger partial charge in [0.25, 0.3) is 11.2 Å². The Kier molecular flexibility index (Phi) is 10.2. The SMILES string of the molecule is CCOC(=O)c1cc(C(C)=O)c(=O)n(-c2ccc([N+](=O)[O-])cc2)c1[O-].CC[NH+](CC)CC. The molecular weight excluding hydrogens is 418 g/mol. The van der Waals surface area contributed by atoms with Crippen LogP contribution >= 0.6 is 0 Å². The Morgan fingerprint density at radius 2 is 1.56 bits per heavy atom. The lowest BCUT2D eigenvalue weighted by Gasteiger charge is -2.21. The minimum Gasteiger partial charge on any atom is -0.859 e. The van der Waals surface area contributed by atoms with E-state index in [2.05, 4.69) is 20.8 Å². The number of nitrogens with zero attached hydrogens (tertiary/aromatic N) is 2. The Hall–Kier alpha value is -3.53. The number of carbonyl (C=O) groups is 2. The van der Waals surface area contributed by atoms with E-state index in [9.17, 15) is 29.6 Å². The third kappa shape index (κ3) is 6.48. The van der Waals surface area contributed by atoms with Crippen LogP contribution in [0.2, 0.25) is 0 Å². The number of ketones is 1. The molecule has 0 aliphatic carbocycles. The molecule has 10 heteroatoms. The van der Waals surface area contributed by atoms with Gasteiger partial charge in [-0.25, -0.2) is 4.79 Å². The molecule has 0 saturated carbocycles. The summed E-state index contributed by atoms with van der Waals surface area (Å²) in [6.45, 7) is 13.2. The molecule has 1 heterocycles. The van der Waals surface area contributed by atoms with E-state index < -0.39 is 33.7 Å². The van der Waals surface area contributed by atoms with Gasteiger partial charge in [-0.15, -0.1) is 0 Å². The lowest BCUT2D eigenvalue weighted by molar-refractivity contribution is -0.894. The molecule has 0 radical (unpaired) electrons. The molecule has 1 aromatic carbocycles. The number of nitrogens with one attached hydrogen (secondary N) is 1. The summed E-state index contributed by atoms with van der Waals surface area (Å²) in [6.07, 6.45) is 0. The maximum absolute atomic E-state index is 12.5. The summed E-state index contributed by atoms with van der Waals surface area (Å²) < 4.78 is 5.39. The highest BCUT2D eigenvalue weighted by Gasteiger charge is 2.19. The fourth-order valence-corrected chi connectivity index (χ4v) is 2.92. The topological polar surface area (TPSA) is 136 Å². The summed E-state index contributed by atoms with van der Waals surface area (Å²) in [7, 11) is 0. The van der Waals surface area contributed by atoms with Gasteiger partial charge in [0.05, 0.1) is 42.3 Å². The minimum atomic E-state index is -0.970. The van der Waals surface area contributed by atoms with Crippen molar-refractivity contribution in [2.45, 2.75) is 34.6 Å². The smallest absolute Gasteiger partial charge is 0.339 e. The Bertz CT molecular complexity index is 1000. The van der Waals surface area contributed by atoms with E-state index in [1.807, 2.05) is 0 Å². The summed E-state index contributed by atoms with van der Waals surface area (Å²) in [4.78, 5) is 47.8. The van der Waals surface area contributed by atoms with E-state index in [-0.39, 0.29) is 23.5 Å². The zero-order chi connectivity index (χ0) is 24.4. The molecule has 1 aromatic heterocycles. The number of nitro groups is 1. The number of ether oxygens (including phenoxy) is 1. The van der Waals surface area contributed by atoms with Gasteiger partial charge in [0.1, 0.15) is 0 Å². The highest BCUT2D eigenvalue weighted by Crippen LogP contribution is 2.21. The summed E-state index contributed by atoms with van der Waals surface area (Å²) in [5.41, 5.74) is -1.99. The third-order valence-corrected chi connectivity index (χ3v) is 4.85. The second-order valence-electron chi connectivity index (χ2n) is 6.78. The lowest BCUT2D eigenvalue weighted by Crippen LogP contribution is -3.11. The molecule has 0 bridgehead atoms. The maximum atomic E-state index is 12.5. The number of carbonyl (C=O) groups excluding carboxylic acids is 2. The molecule has 2 aromatic rings. The third-order valence-electron chi connectivity index (χ3n) is 4.85. The fraction of sp³-hybridized carbons (Fsp3) is 0.409. The first kappa shape index (κ1) is 26.5. The van der Waals surface area contributed by atoms with Crippen molar-refractivity contribution in [2.75, 3.05) is 26.2 Å². The van der Waals surface area contributed by atoms with Gasteiger partial charge >= 0.3 is 5.97 Å². The highest BCUT2D eigenvalue weighted by atomic mass is 16.6. The van der Waals surface area contributed by atoms with E-state index in [4.69, 9.17) is 4.74 Å². The number of pyridine rings is 1. The monoisotopic (exact) mass is 447 g/mol. The Morgan fingerprint density at radius 3 is 1.94 bits per heavy atom. The molecule has 0 aliphatic heterocycles. The van der Waals surface area contributed by atoms with E-state index >= 15 is 0 Å². The molecule has 10 nitrogen and oxygen atoms in total. The van der Waals surface area contributed by atoms with Crippen LogP contribution < -0.4 is 15.6 Å². The van der Waals surface area contributed by atoms with Gasteiger partial charge in [-0.2, -0.15) is 0 Å². The largest absolute Gasteiger partial charge is 0.859 e. The molecule has 0 unspecified atom stereocenters. The van der Waals surface area contributed by atoms with Crippen LogP contribution in [-0.2, 0) is 4.74 Å². The predicted molar refractivity (Wildman–Crippen MR) is 117 cm³/mol. The van der Waals surface area contributed by atoms with Crippen LogP contribution in [0.3, 0.4) is 0 Å². The second-order valence-corrected chi connectivity index (χ2v) is 6.78. The Morgan fingerprint density at radius 1 is 1.03 bits per heavy atom. The zero-order valence-corrected chi connectivity index (χ0v) is 19.0. The van der Waals surface area contributed by atoms with Gasteiger partial charge in [0, 0.05) is 17.8 Å². The maximum Gasteiger partial charge on any atom is 0.339 e. The second kappa shape index (κ2) is 12.4. The number of non-ortho nitro benzene ring substituents is 1. The van der Waals surface area contributed by atoms with Crippen molar-refractivity contribution in [1.82, 2.24) is 4.57 Å². The minimum absolute atomic E-state index is 0.00430. The number of benzene rings is 1. The van der Waals surface area contributed by atoms with Crippen LogP contribution in [0, 0.1) is 10.1 Å². The first-order chi connectivity index (χ1) is 15.1. The van der Waals surface area contributed by atoms with Gasteiger partial charge < -0.3 is 14.7 Å². The molecule has 0 amide bonds. The van der Waals surface area contributed by atoms with Crippen molar-refractivity contribution in [1.29, 1.82) is 0 Å².